The summed E-state index contributed by atoms with van der Waals surface area (Å²) in [5.74, 6) is 0.439. The average Bonchev–Trinajstić information content (AvgIpc) is 3.33. The van der Waals surface area contributed by atoms with E-state index in [1.54, 1.807) is 34.4 Å². The van der Waals surface area contributed by atoms with Gasteiger partial charge in [-0.1, -0.05) is 24.3 Å². The highest BCUT2D eigenvalue weighted by Gasteiger charge is 2.07. The smallest absolute Gasteiger partial charge is 0.249 e. The van der Waals surface area contributed by atoms with Gasteiger partial charge in [-0.15, -0.1) is 11.3 Å². The van der Waals surface area contributed by atoms with Crippen LogP contribution in [0.4, 0.5) is 11.5 Å². The standard InChI is InChI=1S/C22H21N5OS/c1-26(2)17-9-7-16(8-10-17)15-27-20(13-14-23-27)25-21(28)11-12-22-24-18-5-3-4-6-19(18)29-22/h3-14H,15H2,1-2H3,(H,25,28). The maximum absolute atomic E-state index is 12.4. The predicted octanol–water partition coefficient (Wildman–Crippen LogP) is 4.26. The number of amides is 1. The van der Waals surface area contributed by atoms with Crippen LogP contribution in [0.1, 0.15) is 10.6 Å². The number of carbonyl (C=O) groups is 1. The predicted molar refractivity (Wildman–Crippen MR) is 119 cm³/mol. The van der Waals surface area contributed by atoms with Gasteiger partial charge < -0.3 is 10.2 Å². The van der Waals surface area contributed by atoms with Crippen LogP contribution >= 0.6 is 11.3 Å². The molecular formula is C22H21N5OS. The summed E-state index contributed by atoms with van der Waals surface area (Å²) in [6.07, 6.45) is 4.92. The van der Waals surface area contributed by atoms with Gasteiger partial charge in [0.2, 0.25) is 5.91 Å². The van der Waals surface area contributed by atoms with E-state index in [9.17, 15) is 4.79 Å². The lowest BCUT2D eigenvalue weighted by Gasteiger charge is -2.13. The van der Waals surface area contributed by atoms with Crippen molar-refractivity contribution in [3.8, 4) is 0 Å². The number of hydrogen-bond donors (Lipinski definition) is 1. The van der Waals surface area contributed by atoms with Crippen molar-refractivity contribution < 1.29 is 4.79 Å². The zero-order chi connectivity index (χ0) is 20.2. The minimum atomic E-state index is -0.214. The van der Waals surface area contributed by atoms with Gasteiger partial charge >= 0.3 is 0 Å². The quantitative estimate of drug-likeness (QED) is 0.489. The van der Waals surface area contributed by atoms with Gasteiger partial charge in [-0.25, -0.2) is 9.67 Å². The number of rotatable bonds is 6. The number of para-hydroxylation sites is 1. The number of benzene rings is 2. The molecule has 0 aliphatic heterocycles. The van der Waals surface area contributed by atoms with Crippen molar-refractivity contribution in [1.82, 2.24) is 14.8 Å². The molecule has 1 N–H and O–H groups in total. The van der Waals surface area contributed by atoms with Crippen molar-refractivity contribution >= 4 is 45.0 Å². The highest BCUT2D eigenvalue weighted by molar-refractivity contribution is 7.19. The molecular weight excluding hydrogens is 382 g/mol. The molecule has 0 spiro atoms. The fourth-order valence-electron chi connectivity index (χ4n) is 2.91. The average molecular weight is 404 g/mol. The number of carbonyl (C=O) groups excluding carboxylic acids is 1. The van der Waals surface area contributed by atoms with E-state index in [1.165, 1.54) is 6.08 Å². The monoisotopic (exact) mass is 403 g/mol. The molecule has 2 aromatic carbocycles. The van der Waals surface area contributed by atoms with Crippen LogP contribution in [0.25, 0.3) is 16.3 Å². The summed E-state index contributed by atoms with van der Waals surface area (Å²) in [6.45, 7) is 0.581. The van der Waals surface area contributed by atoms with Crippen molar-refractivity contribution in [3.63, 3.8) is 0 Å². The minimum absolute atomic E-state index is 0.214. The van der Waals surface area contributed by atoms with Crippen molar-refractivity contribution in [2.75, 3.05) is 24.3 Å². The summed E-state index contributed by atoms with van der Waals surface area (Å²) in [4.78, 5) is 18.9. The molecule has 0 aliphatic carbocycles. The Morgan fingerprint density at radius 2 is 1.93 bits per heavy atom. The van der Waals surface area contributed by atoms with Crippen LogP contribution < -0.4 is 10.2 Å². The molecule has 0 fully saturated rings. The van der Waals surface area contributed by atoms with Crippen LogP contribution in [-0.4, -0.2) is 34.8 Å². The summed E-state index contributed by atoms with van der Waals surface area (Å²) < 4.78 is 2.87. The third kappa shape index (κ3) is 4.52. The van der Waals surface area contributed by atoms with Gasteiger partial charge in [0.05, 0.1) is 23.0 Å². The Morgan fingerprint density at radius 1 is 1.14 bits per heavy atom. The molecule has 4 aromatic rings. The first-order valence-corrected chi connectivity index (χ1v) is 10.0. The van der Waals surface area contributed by atoms with E-state index in [4.69, 9.17) is 0 Å². The lowest BCUT2D eigenvalue weighted by Crippen LogP contribution is -2.14. The molecule has 7 heteroatoms. The molecule has 2 aromatic heterocycles. The van der Waals surface area contributed by atoms with E-state index in [1.807, 2.05) is 38.4 Å². The Morgan fingerprint density at radius 3 is 2.69 bits per heavy atom. The second kappa shape index (κ2) is 8.28. The molecule has 0 unspecified atom stereocenters. The number of aromatic nitrogens is 3. The molecule has 29 heavy (non-hydrogen) atoms. The Labute approximate surface area is 173 Å². The third-order valence-electron chi connectivity index (χ3n) is 4.44. The molecule has 0 saturated carbocycles. The second-order valence-electron chi connectivity index (χ2n) is 6.78. The van der Waals surface area contributed by atoms with E-state index >= 15 is 0 Å². The van der Waals surface area contributed by atoms with Crippen LogP contribution in [0.2, 0.25) is 0 Å². The first-order chi connectivity index (χ1) is 14.1. The Balaban J connectivity index is 1.42. The fraction of sp³-hybridized carbons (Fsp3) is 0.136. The van der Waals surface area contributed by atoms with Crippen molar-refractivity contribution in [3.05, 3.63) is 77.4 Å². The van der Waals surface area contributed by atoms with E-state index in [2.05, 4.69) is 44.6 Å². The summed E-state index contributed by atoms with van der Waals surface area (Å²) in [5, 5.41) is 8.02. The first-order valence-electron chi connectivity index (χ1n) is 9.21. The van der Waals surface area contributed by atoms with Crippen molar-refractivity contribution in [1.29, 1.82) is 0 Å². The minimum Gasteiger partial charge on any atom is -0.378 e. The molecule has 0 bridgehead atoms. The molecule has 0 saturated heterocycles. The van der Waals surface area contributed by atoms with E-state index < -0.39 is 0 Å². The van der Waals surface area contributed by atoms with Gasteiger partial charge in [0.25, 0.3) is 0 Å². The number of nitrogens with one attached hydrogen (secondary N) is 1. The third-order valence-corrected chi connectivity index (χ3v) is 5.44. The van der Waals surface area contributed by atoms with Crippen LogP contribution in [0.3, 0.4) is 0 Å². The summed E-state index contributed by atoms with van der Waals surface area (Å²) >= 11 is 1.56. The van der Waals surface area contributed by atoms with E-state index in [-0.39, 0.29) is 5.91 Å². The summed E-state index contributed by atoms with van der Waals surface area (Å²) in [6, 6.07) is 18.0. The van der Waals surface area contributed by atoms with Gasteiger partial charge in [-0.3, -0.25) is 4.79 Å². The van der Waals surface area contributed by atoms with Crippen molar-refractivity contribution in [2.45, 2.75) is 6.54 Å². The van der Waals surface area contributed by atoms with Gasteiger partial charge in [0, 0.05) is 31.9 Å². The summed E-state index contributed by atoms with van der Waals surface area (Å²) in [5.41, 5.74) is 3.19. The Hall–Kier alpha value is -3.45. The molecule has 0 radical (unpaired) electrons. The zero-order valence-corrected chi connectivity index (χ0v) is 17.1. The topological polar surface area (TPSA) is 63.1 Å². The van der Waals surface area contributed by atoms with Crippen LogP contribution in [0.5, 0.6) is 0 Å². The fourth-order valence-corrected chi connectivity index (χ4v) is 3.78. The molecule has 0 aliphatic rings. The summed E-state index contributed by atoms with van der Waals surface area (Å²) in [7, 11) is 4.02. The molecule has 146 valence electrons. The SMILES string of the molecule is CN(C)c1ccc(Cn2nccc2NC(=O)C=Cc2nc3ccccc3s2)cc1. The number of fused-ring (bicyclic) bond motifs is 1. The van der Waals surface area contributed by atoms with Crippen LogP contribution in [-0.2, 0) is 11.3 Å². The molecule has 6 nitrogen and oxygen atoms in total. The lowest BCUT2D eigenvalue weighted by molar-refractivity contribution is -0.111. The van der Waals surface area contributed by atoms with Gasteiger partial charge in [0.15, 0.2) is 0 Å². The molecule has 4 rings (SSSR count). The van der Waals surface area contributed by atoms with E-state index in [0.29, 0.717) is 12.4 Å². The lowest BCUT2D eigenvalue weighted by atomic mass is 10.2. The maximum atomic E-state index is 12.4. The van der Waals surface area contributed by atoms with E-state index in [0.717, 1.165) is 26.5 Å². The van der Waals surface area contributed by atoms with Crippen LogP contribution in [0.15, 0.2) is 66.9 Å². The first kappa shape index (κ1) is 18.9. The van der Waals surface area contributed by atoms with Gasteiger partial charge in [0.1, 0.15) is 10.8 Å². The normalized spacial score (nSPS) is 11.2. The Bertz CT molecular complexity index is 1120. The largest absolute Gasteiger partial charge is 0.378 e. The highest BCUT2D eigenvalue weighted by Crippen LogP contribution is 2.22. The zero-order valence-electron chi connectivity index (χ0n) is 16.2. The molecule has 2 heterocycles. The van der Waals surface area contributed by atoms with Crippen molar-refractivity contribution in [2.24, 2.45) is 0 Å². The van der Waals surface area contributed by atoms with Gasteiger partial charge in [-0.05, 0) is 35.9 Å². The molecule has 1 amide bonds. The maximum Gasteiger partial charge on any atom is 0.249 e. The Kier molecular flexibility index (Phi) is 5.39. The number of anilines is 2. The second-order valence-corrected chi connectivity index (χ2v) is 7.84. The number of hydrogen-bond acceptors (Lipinski definition) is 5. The van der Waals surface area contributed by atoms with Gasteiger partial charge in [-0.2, -0.15) is 5.10 Å². The molecule has 0 atom stereocenters. The number of nitrogens with zero attached hydrogens (tertiary/aromatic N) is 4. The highest BCUT2D eigenvalue weighted by atomic mass is 32.1. The number of thiazole rings is 1. The van der Waals surface area contributed by atoms with Crippen LogP contribution in [0, 0.1) is 0 Å².